The Balaban J connectivity index is 1.35. The van der Waals surface area contributed by atoms with Crippen molar-refractivity contribution < 1.29 is 9.59 Å². The van der Waals surface area contributed by atoms with Crippen LogP contribution in [0.25, 0.3) is 0 Å². The number of carbonyl (C=O) groups excluding carboxylic acids is 2. The highest BCUT2D eigenvalue weighted by Crippen LogP contribution is 2.21. The molecule has 0 aliphatic carbocycles. The van der Waals surface area contributed by atoms with Gasteiger partial charge in [-0.25, -0.2) is 0 Å². The van der Waals surface area contributed by atoms with Gasteiger partial charge in [-0.15, -0.1) is 0 Å². The topological polar surface area (TPSA) is 59.7 Å². The molecule has 0 bridgehead atoms. The summed E-state index contributed by atoms with van der Waals surface area (Å²) in [6.45, 7) is 4.47. The summed E-state index contributed by atoms with van der Waals surface area (Å²) in [6, 6.07) is 11.5. The molecule has 3 heterocycles. The van der Waals surface area contributed by atoms with Crippen LogP contribution in [0.3, 0.4) is 0 Å². The second-order valence-electron chi connectivity index (χ2n) is 6.91. The number of amides is 2. The number of piperazine rings is 1. The first-order valence-electron chi connectivity index (χ1n) is 9.29. The molecule has 2 saturated heterocycles. The number of H-pyrrole nitrogens is 1. The zero-order chi connectivity index (χ0) is 17.9. The molecule has 2 aromatic rings. The normalized spacial score (nSPS) is 17.6. The van der Waals surface area contributed by atoms with E-state index in [-0.39, 0.29) is 11.8 Å². The minimum Gasteiger partial charge on any atom is -0.372 e. The molecular formula is C20H24N4O2. The first-order valence-corrected chi connectivity index (χ1v) is 9.29. The fourth-order valence-electron chi connectivity index (χ4n) is 3.72. The average Bonchev–Trinajstić information content (AvgIpc) is 3.41. The van der Waals surface area contributed by atoms with Crippen molar-refractivity contribution in [1.29, 1.82) is 0 Å². The van der Waals surface area contributed by atoms with Gasteiger partial charge in [-0.2, -0.15) is 0 Å². The summed E-state index contributed by atoms with van der Waals surface area (Å²) in [5, 5.41) is 0. The summed E-state index contributed by atoms with van der Waals surface area (Å²) in [4.78, 5) is 34.0. The van der Waals surface area contributed by atoms with E-state index < -0.39 is 0 Å². The molecule has 2 amide bonds. The number of carbonyl (C=O) groups is 2. The molecule has 26 heavy (non-hydrogen) atoms. The maximum atomic E-state index is 12.7. The van der Waals surface area contributed by atoms with Crippen LogP contribution in [-0.2, 0) is 0 Å². The molecule has 0 saturated carbocycles. The van der Waals surface area contributed by atoms with Gasteiger partial charge in [-0.3, -0.25) is 9.59 Å². The minimum absolute atomic E-state index is 0.00272. The third-order valence-electron chi connectivity index (χ3n) is 5.27. The van der Waals surface area contributed by atoms with Gasteiger partial charge in [0.25, 0.3) is 11.8 Å². The van der Waals surface area contributed by atoms with Gasteiger partial charge in [0.1, 0.15) is 5.69 Å². The van der Waals surface area contributed by atoms with Crippen molar-refractivity contribution in [3.05, 3.63) is 53.9 Å². The van der Waals surface area contributed by atoms with Crippen LogP contribution < -0.4 is 4.90 Å². The number of aromatic amines is 1. The van der Waals surface area contributed by atoms with Gasteiger partial charge in [0.15, 0.2) is 0 Å². The summed E-state index contributed by atoms with van der Waals surface area (Å²) in [7, 11) is 0. The molecule has 0 radical (unpaired) electrons. The lowest BCUT2D eigenvalue weighted by Crippen LogP contribution is -2.50. The van der Waals surface area contributed by atoms with Gasteiger partial charge in [-0.1, -0.05) is 0 Å². The molecule has 1 aromatic heterocycles. The van der Waals surface area contributed by atoms with Gasteiger partial charge in [0.2, 0.25) is 0 Å². The molecule has 4 rings (SSSR count). The molecule has 6 heteroatoms. The zero-order valence-electron chi connectivity index (χ0n) is 14.9. The van der Waals surface area contributed by atoms with Crippen LogP contribution in [0.15, 0.2) is 42.6 Å². The standard InChI is InChI=1S/C20H24N4O2/c25-19(16-5-7-17(8-6-16)22-10-1-2-11-22)23-12-14-24(15-13-23)20(26)18-4-3-9-21-18/h3-9,21H,1-2,10-15H2. The molecule has 136 valence electrons. The van der Waals surface area contributed by atoms with Crippen LogP contribution in [0.2, 0.25) is 0 Å². The van der Waals surface area contributed by atoms with Gasteiger partial charge < -0.3 is 19.7 Å². The monoisotopic (exact) mass is 352 g/mol. The average molecular weight is 352 g/mol. The Hall–Kier alpha value is -2.76. The number of nitrogens with zero attached hydrogens (tertiary/aromatic N) is 3. The van der Waals surface area contributed by atoms with Crippen molar-refractivity contribution in [2.45, 2.75) is 12.8 Å². The highest BCUT2D eigenvalue weighted by Gasteiger charge is 2.26. The Morgan fingerprint density at radius 3 is 1.96 bits per heavy atom. The van der Waals surface area contributed by atoms with E-state index in [2.05, 4.69) is 9.88 Å². The van der Waals surface area contributed by atoms with Gasteiger partial charge in [0.05, 0.1) is 0 Å². The van der Waals surface area contributed by atoms with Crippen LogP contribution in [0.1, 0.15) is 33.7 Å². The Labute approximate surface area is 153 Å². The largest absolute Gasteiger partial charge is 0.372 e. The van der Waals surface area contributed by atoms with Crippen molar-refractivity contribution in [2.24, 2.45) is 0 Å². The number of hydrogen-bond acceptors (Lipinski definition) is 3. The SMILES string of the molecule is O=C(c1ccc(N2CCCC2)cc1)N1CCN(C(=O)c2ccc[nH]2)CC1. The third-order valence-corrected chi connectivity index (χ3v) is 5.27. The van der Waals surface area contributed by atoms with Crippen molar-refractivity contribution in [2.75, 3.05) is 44.2 Å². The molecule has 0 unspecified atom stereocenters. The lowest BCUT2D eigenvalue weighted by molar-refractivity contribution is 0.0532. The van der Waals surface area contributed by atoms with Gasteiger partial charge in [0, 0.05) is 56.7 Å². The predicted octanol–water partition coefficient (Wildman–Crippen LogP) is 2.21. The van der Waals surface area contributed by atoms with Crippen LogP contribution in [0.5, 0.6) is 0 Å². The molecule has 2 fully saturated rings. The quantitative estimate of drug-likeness (QED) is 0.921. The third kappa shape index (κ3) is 3.31. The second kappa shape index (κ2) is 7.23. The van der Waals surface area contributed by atoms with Crippen molar-refractivity contribution in [3.8, 4) is 0 Å². The fourth-order valence-corrected chi connectivity index (χ4v) is 3.72. The molecule has 6 nitrogen and oxygen atoms in total. The molecule has 1 N–H and O–H groups in total. The van der Waals surface area contributed by atoms with E-state index in [1.165, 1.54) is 18.5 Å². The minimum atomic E-state index is -0.00272. The van der Waals surface area contributed by atoms with E-state index in [1.54, 1.807) is 17.2 Å². The van der Waals surface area contributed by atoms with Crippen LogP contribution in [0, 0.1) is 0 Å². The zero-order valence-corrected chi connectivity index (χ0v) is 14.9. The molecule has 0 spiro atoms. The summed E-state index contributed by atoms with van der Waals surface area (Å²) in [6.07, 6.45) is 4.23. The fraction of sp³-hybridized carbons (Fsp3) is 0.400. The van der Waals surface area contributed by atoms with Crippen molar-refractivity contribution in [1.82, 2.24) is 14.8 Å². The smallest absolute Gasteiger partial charge is 0.270 e. The van der Waals surface area contributed by atoms with E-state index in [1.807, 2.05) is 35.2 Å². The maximum absolute atomic E-state index is 12.7. The number of aromatic nitrogens is 1. The predicted molar refractivity (Wildman–Crippen MR) is 100 cm³/mol. The summed E-state index contributed by atoms with van der Waals surface area (Å²) in [5.41, 5.74) is 2.51. The van der Waals surface area contributed by atoms with E-state index in [0.717, 1.165) is 18.7 Å². The van der Waals surface area contributed by atoms with E-state index in [0.29, 0.717) is 31.9 Å². The van der Waals surface area contributed by atoms with Gasteiger partial charge in [-0.05, 0) is 49.2 Å². The van der Waals surface area contributed by atoms with Crippen LogP contribution in [-0.4, -0.2) is 65.9 Å². The van der Waals surface area contributed by atoms with E-state index >= 15 is 0 Å². The maximum Gasteiger partial charge on any atom is 0.270 e. The summed E-state index contributed by atoms with van der Waals surface area (Å²) >= 11 is 0. The van der Waals surface area contributed by atoms with Crippen LogP contribution >= 0.6 is 0 Å². The lowest BCUT2D eigenvalue weighted by Gasteiger charge is -2.34. The van der Waals surface area contributed by atoms with E-state index in [9.17, 15) is 9.59 Å². The second-order valence-corrected chi connectivity index (χ2v) is 6.91. The number of rotatable bonds is 3. The Bertz CT molecular complexity index is 756. The molecule has 0 atom stereocenters. The highest BCUT2D eigenvalue weighted by atomic mass is 16.2. The first-order chi connectivity index (χ1) is 12.7. The van der Waals surface area contributed by atoms with Crippen molar-refractivity contribution >= 4 is 17.5 Å². The molecule has 1 aromatic carbocycles. The molecular weight excluding hydrogens is 328 g/mol. The summed E-state index contributed by atoms with van der Waals surface area (Å²) < 4.78 is 0. The molecule has 2 aliphatic rings. The number of anilines is 1. The highest BCUT2D eigenvalue weighted by molar-refractivity contribution is 5.95. The van der Waals surface area contributed by atoms with Crippen LogP contribution in [0.4, 0.5) is 5.69 Å². The Morgan fingerprint density at radius 2 is 1.38 bits per heavy atom. The van der Waals surface area contributed by atoms with E-state index in [4.69, 9.17) is 0 Å². The summed E-state index contributed by atoms with van der Waals surface area (Å²) in [5.74, 6) is 0.0435. The lowest BCUT2D eigenvalue weighted by atomic mass is 10.1. The Kier molecular flexibility index (Phi) is 4.65. The van der Waals surface area contributed by atoms with Gasteiger partial charge >= 0.3 is 0 Å². The number of hydrogen-bond donors (Lipinski definition) is 1. The molecule has 2 aliphatic heterocycles. The van der Waals surface area contributed by atoms with Crippen molar-refractivity contribution in [3.63, 3.8) is 0 Å². The Morgan fingerprint density at radius 1 is 0.769 bits per heavy atom. The number of nitrogens with one attached hydrogen (secondary N) is 1. The first kappa shape index (κ1) is 16.7. The number of benzene rings is 1.